The number of anilines is 1. The van der Waals surface area contributed by atoms with Gasteiger partial charge in [0.25, 0.3) is 5.91 Å². The van der Waals surface area contributed by atoms with E-state index in [1.54, 1.807) is 23.1 Å². The highest BCUT2D eigenvalue weighted by atomic mass is 35.5. The second-order valence-electron chi connectivity index (χ2n) is 6.52. The van der Waals surface area contributed by atoms with Crippen molar-refractivity contribution in [3.63, 3.8) is 0 Å². The maximum atomic E-state index is 12.4. The van der Waals surface area contributed by atoms with E-state index in [4.69, 9.17) is 5.73 Å². The van der Waals surface area contributed by atoms with Crippen LogP contribution in [0.5, 0.6) is 0 Å². The Morgan fingerprint density at radius 2 is 1.88 bits per heavy atom. The predicted molar refractivity (Wildman–Crippen MR) is 104 cm³/mol. The highest BCUT2D eigenvalue weighted by Gasteiger charge is 2.24. The maximum absolute atomic E-state index is 12.4. The molecule has 1 aromatic carbocycles. The third kappa shape index (κ3) is 6.01. The van der Waals surface area contributed by atoms with Gasteiger partial charge in [0.2, 0.25) is 5.91 Å². The van der Waals surface area contributed by atoms with Crippen LogP contribution >= 0.6 is 12.4 Å². The third-order valence-electron chi connectivity index (χ3n) is 4.86. The van der Waals surface area contributed by atoms with Crippen LogP contribution in [0, 0.1) is 5.92 Å². The second-order valence-corrected chi connectivity index (χ2v) is 6.52. The smallest absolute Gasteiger partial charge is 0.253 e. The number of amides is 2. The number of carbonyl (C=O) groups is 2. The van der Waals surface area contributed by atoms with E-state index in [1.807, 2.05) is 19.9 Å². The van der Waals surface area contributed by atoms with Crippen molar-refractivity contribution in [1.82, 2.24) is 4.90 Å². The molecule has 0 spiro atoms. The molecule has 0 bridgehead atoms. The largest absolute Gasteiger partial charge is 0.339 e. The maximum Gasteiger partial charge on any atom is 0.253 e. The molecule has 0 radical (unpaired) electrons. The van der Waals surface area contributed by atoms with Crippen molar-refractivity contribution in [3.8, 4) is 0 Å². The fourth-order valence-corrected chi connectivity index (χ4v) is 3.36. The fraction of sp³-hybridized carbons (Fsp3) is 0.579. The SMILES string of the molecule is CCN(CC)C(=O)c1cccc(NC(=O)CC2CCCCC2N)c1.Cl. The van der Waals surface area contributed by atoms with Crippen molar-refractivity contribution in [2.45, 2.75) is 52.0 Å². The Labute approximate surface area is 156 Å². The van der Waals surface area contributed by atoms with Crippen LogP contribution in [0.3, 0.4) is 0 Å². The molecule has 3 N–H and O–H groups in total. The third-order valence-corrected chi connectivity index (χ3v) is 4.86. The van der Waals surface area contributed by atoms with Gasteiger partial charge in [0.15, 0.2) is 0 Å². The minimum atomic E-state index is -0.0233. The Morgan fingerprint density at radius 1 is 1.20 bits per heavy atom. The van der Waals surface area contributed by atoms with Gasteiger partial charge in [-0.3, -0.25) is 9.59 Å². The standard InChI is InChI=1S/C19H29N3O2.ClH/c1-3-22(4-2)19(24)15-9-7-10-16(12-15)21-18(23)13-14-8-5-6-11-17(14)20;/h7,9-10,12,14,17H,3-6,8,11,13,20H2,1-2H3,(H,21,23);1H. The van der Waals surface area contributed by atoms with Gasteiger partial charge in [0.1, 0.15) is 0 Å². The van der Waals surface area contributed by atoms with Crippen molar-refractivity contribution < 1.29 is 9.59 Å². The van der Waals surface area contributed by atoms with Gasteiger partial charge >= 0.3 is 0 Å². The van der Waals surface area contributed by atoms with Crippen LogP contribution < -0.4 is 11.1 Å². The summed E-state index contributed by atoms with van der Waals surface area (Å²) in [6, 6.07) is 7.28. The molecule has 2 amide bonds. The normalized spacial score (nSPS) is 19.6. The Hall–Kier alpha value is -1.59. The summed E-state index contributed by atoms with van der Waals surface area (Å²) in [5.74, 6) is 0.231. The van der Waals surface area contributed by atoms with E-state index >= 15 is 0 Å². The van der Waals surface area contributed by atoms with Crippen LogP contribution in [0.25, 0.3) is 0 Å². The van der Waals surface area contributed by atoms with Crippen LogP contribution in [0.4, 0.5) is 5.69 Å². The minimum Gasteiger partial charge on any atom is -0.339 e. The molecule has 0 aromatic heterocycles. The van der Waals surface area contributed by atoms with Crippen LogP contribution in [0.2, 0.25) is 0 Å². The summed E-state index contributed by atoms with van der Waals surface area (Å²) in [6.07, 6.45) is 4.80. The van der Waals surface area contributed by atoms with E-state index < -0.39 is 0 Å². The molecule has 0 heterocycles. The number of benzene rings is 1. The number of carbonyl (C=O) groups excluding carboxylic acids is 2. The van der Waals surface area contributed by atoms with E-state index in [9.17, 15) is 9.59 Å². The molecule has 0 saturated heterocycles. The van der Waals surface area contributed by atoms with E-state index in [-0.39, 0.29) is 36.2 Å². The summed E-state index contributed by atoms with van der Waals surface area (Å²) in [5.41, 5.74) is 7.39. The average Bonchev–Trinajstić information content (AvgIpc) is 2.58. The van der Waals surface area contributed by atoms with Gasteiger partial charge in [0, 0.05) is 36.8 Å². The number of nitrogens with one attached hydrogen (secondary N) is 1. The minimum absolute atomic E-state index is 0. The molecule has 1 aliphatic carbocycles. The fourth-order valence-electron chi connectivity index (χ4n) is 3.36. The van der Waals surface area contributed by atoms with Gasteiger partial charge in [-0.1, -0.05) is 18.9 Å². The Morgan fingerprint density at radius 3 is 2.52 bits per heavy atom. The monoisotopic (exact) mass is 367 g/mol. The van der Waals surface area contributed by atoms with E-state index in [0.29, 0.717) is 30.8 Å². The van der Waals surface area contributed by atoms with Crippen molar-refractivity contribution in [2.75, 3.05) is 18.4 Å². The zero-order valence-electron chi connectivity index (χ0n) is 15.2. The molecule has 140 valence electrons. The Balaban J connectivity index is 0.00000312. The van der Waals surface area contributed by atoms with Crippen LogP contribution in [0.15, 0.2) is 24.3 Å². The first-order valence-electron chi connectivity index (χ1n) is 8.99. The zero-order chi connectivity index (χ0) is 17.5. The number of halogens is 1. The first-order chi connectivity index (χ1) is 11.5. The lowest BCUT2D eigenvalue weighted by Gasteiger charge is -2.28. The average molecular weight is 368 g/mol. The van der Waals surface area contributed by atoms with Crippen molar-refractivity contribution in [3.05, 3.63) is 29.8 Å². The van der Waals surface area contributed by atoms with Gasteiger partial charge < -0.3 is 16.0 Å². The Bertz CT molecular complexity index is 576. The van der Waals surface area contributed by atoms with Crippen molar-refractivity contribution >= 4 is 29.9 Å². The summed E-state index contributed by atoms with van der Waals surface area (Å²) in [4.78, 5) is 26.5. The summed E-state index contributed by atoms with van der Waals surface area (Å²) >= 11 is 0. The molecule has 1 aromatic rings. The van der Waals surface area contributed by atoms with E-state index in [1.165, 1.54) is 0 Å². The molecular formula is C19H30ClN3O2. The Kier molecular flexibility index (Phi) is 8.93. The lowest BCUT2D eigenvalue weighted by molar-refractivity contribution is -0.117. The molecule has 1 saturated carbocycles. The van der Waals surface area contributed by atoms with E-state index in [2.05, 4.69) is 5.32 Å². The first kappa shape index (κ1) is 21.5. The molecule has 25 heavy (non-hydrogen) atoms. The zero-order valence-corrected chi connectivity index (χ0v) is 16.0. The first-order valence-corrected chi connectivity index (χ1v) is 8.99. The number of nitrogens with zero attached hydrogens (tertiary/aromatic N) is 1. The summed E-state index contributed by atoms with van der Waals surface area (Å²) in [6.45, 7) is 5.26. The van der Waals surface area contributed by atoms with Crippen LogP contribution in [0.1, 0.15) is 56.3 Å². The van der Waals surface area contributed by atoms with Crippen molar-refractivity contribution in [2.24, 2.45) is 11.7 Å². The molecule has 2 rings (SSSR count). The highest BCUT2D eigenvalue weighted by Crippen LogP contribution is 2.26. The summed E-state index contributed by atoms with van der Waals surface area (Å²) < 4.78 is 0. The van der Waals surface area contributed by atoms with E-state index in [0.717, 1.165) is 25.7 Å². The van der Waals surface area contributed by atoms with Gasteiger partial charge in [-0.25, -0.2) is 0 Å². The molecule has 5 nitrogen and oxygen atoms in total. The summed E-state index contributed by atoms with van der Waals surface area (Å²) in [7, 11) is 0. The summed E-state index contributed by atoms with van der Waals surface area (Å²) in [5, 5.41) is 2.91. The van der Waals surface area contributed by atoms with Gasteiger partial charge in [-0.2, -0.15) is 0 Å². The van der Waals surface area contributed by atoms with Crippen LogP contribution in [-0.4, -0.2) is 35.8 Å². The van der Waals surface area contributed by atoms with Gasteiger partial charge in [0.05, 0.1) is 0 Å². The quantitative estimate of drug-likeness (QED) is 0.808. The molecule has 6 heteroatoms. The predicted octanol–water partition coefficient (Wildman–Crippen LogP) is 3.44. The van der Waals surface area contributed by atoms with Gasteiger partial charge in [-0.15, -0.1) is 12.4 Å². The van der Waals surface area contributed by atoms with Crippen LogP contribution in [-0.2, 0) is 4.79 Å². The molecule has 1 aliphatic rings. The highest BCUT2D eigenvalue weighted by molar-refractivity contribution is 5.97. The molecule has 2 atom stereocenters. The lowest BCUT2D eigenvalue weighted by atomic mass is 9.83. The number of hydrogen-bond acceptors (Lipinski definition) is 3. The molecule has 1 fully saturated rings. The second kappa shape index (κ2) is 10.4. The number of nitrogens with two attached hydrogens (primary N) is 1. The molecular weight excluding hydrogens is 338 g/mol. The van der Waals surface area contributed by atoms with Crippen molar-refractivity contribution in [1.29, 1.82) is 0 Å². The lowest BCUT2D eigenvalue weighted by Crippen LogP contribution is -2.35. The van der Waals surface area contributed by atoms with Gasteiger partial charge in [-0.05, 0) is 50.8 Å². The number of rotatable bonds is 6. The molecule has 2 unspecified atom stereocenters. The topological polar surface area (TPSA) is 75.4 Å². The molecule has 0 aliphatic heterocycles. The number of hydrogen-bond donors (Lipinski definition) is 2.